The Kier molecular flexibility index (Phi) is 3.69. The Hall–Kier alpha value is -3.21. The van der Waals surface area contributed by atoms with Crippen LogP contribution in [0.1, 0.15) is 27.7 Å². The average molecular weight is 330 g/mol. The molecule has 25 heavy (non-hydrogen) atoms. The number of rotatable bonds is 2. The van der Waals surface area contributed by atoms with Crippen LogP contribution in [-0.4, -0.2) is 28.2 Å². The first-order valence-electron chi connectivity index (χ1n) is 8.10. The van der Waals surface area contributed by atoms with Crippen molar-refractivity contribution in [2.45, 2.75) is 12.5 Å². The van der Waals surface area contributed by atoms with Gasteiger partial charge in [-0.05, 0) is 35.7 Å². The second kappa shape index (κ2) is 6.02. The number of hydrogen-bond acceptors (Lipinski definition) is 3. The van der Waals surface area contributed by atoms with E-state index in [-0.39, 0.29) is 5.91 Å². The van der Waals surface area contributed by atoms with Gasteiger partial charge in [-0.3, -0.25) is 9.59 Å². The molecular weight excluding hydrogens is 314 g/mol. The summed E-state index contributed by atoms with van der Waals surface area (Å²) in [6, 6.07) is 18.8. The van der Waals surface area contributed by atoms with Gasteiger partial charge in [-0.2, -0.15) is 0 Å². The minimum Gasteiger partial charge on any atom is -0.368 e. The lowest BCUT2D eigenvalue weighted by Gasteiger charge is -2.35. The molecule has 0 bridgehead atoms. The monoisotopic (exact) mass is 330 g/mol. The van der Waals surface area contributed by atoms with Crippen LogP contribution >= 0.6 is 0 Å². The lowest BCUT2D eigenvalue weighted by atomic mass is 9.92. The van der Waals surface area contributed by atoms with Crippen molar-refractivity contribution in [3.63, 3.8) is 0 Å². The molecule has 1 atom stereocenters. The van der Waals surface area contributed by atoms with E-state index in [9.17, 15) is 9.59 Å². The molecule has 2 heterocycles. The number of nitrogens with two attached hydrogens (primary N) is 1. The molecule has 0 saturated carbocycles. The highest BCUT2D eigenvalue weighted by atomic mass is 16.2. The van der Waals surface area contributed by atoms with Gasteiger partial charge in [-0.15, -0.1) is 0 Å². The molecule has 4 rings (SSSR count). The minimum atomic E-state index is -0.779. The number of aromatic nitrogens is 1. The number of hydrogen-bond donors (Lipinski definition) is 1. The maximum atomic E-state index is 13.0. The average Bonchev–Trinajstić information content (AvgIpc) is 2.66. The molecule has 1 unspecified atom stereocenters. The molecule has 123 valence electrons. The van der Waals surface area contributed by atoms with E-state index in [0.717, 1.165) is 22.0 Å². The largest absolute Gasteiger partial charge is 0.368 e. The standard InChI is InChI=1S/C20H16N3O2/c21-19(24)18-15-7-3-1-5-13(15)11-12-23(18)20(25)17-10-9-14-6-2-4-8-16(14)22-17/h2-10,18H,11-12H2,(H2,21,24). The molecule has 0 spiro atoms. The highest BCUT2D eigenvalue weighted by Gasteiger charge is 2.35. The number of carbonyl (C=O) groups is 2. The summed E-state index contributed by atoms with van der Waals surface area (Å²) >= 11 is 0. The van der Waals surface area contributed by atoms with Gasteiger partial charge in [0.15, 0.2) is 0 Å². The van der Waals surface area contributed by atoms with Crippen molar-refractivity contribution < 1.29 is 9.59 Å². The van der Waals surface area contributed by atoms with Crippen molar-refractivity contribution in [2.24, 2.45) is 5.73 Å². The number of fused-ring (bicyclic) bond motifs is 2. The molecule has 5 nitrogen and oxygen atoms in total. The smallest absolute Gasteiger partial charge is 0.273 e. The van der Waals surface area contributed by atoms with Crippen LogP contribution in [-0.2, 0) is 11.2 Å². The Morgan fingerprint density at radius 3 is 2.84 bits per heavy atom. The maximum Gasteiger partial charge on any atom is 0.273 e. The van der Waals surface area contributed by atoms with E-state index in [0.29, 0.717) is 18.7 Å². The summed E-state index contributed by atoms with van der Waals surface area (Å²) in [5.41, 5.74) is 8.45. The number of benzene rings is 2. The van der Waals surface area contributed by atoms with E-state index in [1.165, 1.54) is 4.90 Å². The van der Waals surface area contributed by atoms with Crippen LogP contribution in [0.15, 0.2) is 54.6 Å². The van der Waals surface area contributed by atoms with E-state index >= 15 is 0 Å². The van der Waals surface area contributed by atoms with Crippen molar-refractivity contribution in [1.29, 1.82) is 0 Å². The highest BCUT2D eigenvalue weighted by Crippen LogP contribution is 2.30. The van der Waals surface area contributed by atoms with Gasteiger partial charge < -0.3 is 10.6 Å². The molecule has 5 heteroatoms. The van der Waals surface area contributed by atoms with E-state index in [2.05, 4.69) is 11.1 Å². The van der Waals surface area contributed by atoms with Gasteiger partial charge in [-0.1, -0.05) is 42.5 Å². The third-order valence-corrected chi connectivity index (χ3v) is 4.56. The highest BCUT2D eigenvalue weighted by molar-refractivity contribution is 5.98. The molecule has 3 aromatic rings. The third-order valence-electron chi connectivity index (χ3n) is 4.56. The van der Waals surface area contributed by atoms with Crippen LogP contribution in [0.25, 0.3) is 10.9 Å². The number of primary amides is 1. The Labute approximate surface area is 145 Å². The van der Waals surface area contributed by atoms with E-state index in [1.54, 1.807) is 18.2 Å². The molecule has 1 aliphatic heterocycles. The van der Waals surface area contributed by atoms with Crippen molar-refractivity contribution in [3.05, 3.63) is 77.5 Å². The van der Waals surface area contributed by atoms with Gasteiger partial charge in [-0.25, -0.2) is 4.98 Å². The zero-order valence-corrected chi connectivity index (χ0v) is 13.5. The lowest BCUT2D eigenvalue weighted by molar-refractivity contribution is -0.123. The zero-order chi connectivity index (χ0) is 17.4. The van der Waals surface area contributed by atoms with Crippen molar-refractivity contribution in [3.8, 4) is 0 Å². The van der Waals surface area contributed by atoms with Crippen LogP contribution < -0.4 is 5.73 Å². The van der Waals surface area contributed by atoms with Crippen molar-refractivity contribution >= 4 is 22.7 Å². The fraction of sp³-hybridized carbons (Fsp3) is 0.150. The van der Waals surface area contributed by atoms with Crippen molar-refractivity contribution in [1.82, 2.24) is 9.88 Å². The molecule has 0 aliphatic carbocycles. The number of carbonyl (C=O) groups excluding carboxylic acids is 2. The Morgan fingerprint density at radius 1 is 1.16 bits per heavy atom. The predicted octanol–water partition coefficient (Wildman–Crippen LogP) is 2.26. The van der Waals surface area contributed by atoms with Gasteiger partial charge in [0, 0.05) is 11.9 Å². The number of nitrogens with zero attached hydrogens (tertiary/aromatic N) is 2. The van der Waals surface area contributed by atoms with Gasteiger partial charge in [0.1, 0.15) is 11.7 Å². The molecule has 1 aromatic heterocycles. The zero-order valence-electron chi connectivity index (χ0n) is 13.5. The molecule has 1 aliphatic rings. The normalized spacial score (nSPS) is 16.5. The molecule has 0 saturated heterocycles. The number of amides is 2. The van der Waals surface area contributed by atoms with Crippen LogP contribution in [0.5, 0.6) is 0 Å². The predicted molar refractivity (Wildman–Crippen MR) is 93.7 cm³/mol. The Morgan fingerprint density at radius 2 is 2.00 bits per heavy atom. The lowest BCUT2D eigenvalue weighted by Crippen LogP contribution is -2.46. The second-order valence-corrected chi connectivity index (χ2v) is 6.07. The van der Waals surface area contributed by atoms with Gasteiger partial charge in [0.05, 0.1) is 5.52 Å². The van der Waals surface area contributed by atoms with Gasteiger partial charge in [0.25, 0.3) is 5.91 Å². The fourth-order valence-corrected chi connectivity index (χ4v) is 3.36. The van der Waals surface area contributed by atoms with E-state index < -0.39 is 11.9 Å². The van der Waals surface area contributed by atoms with Crippen LogP contribution in [0.3, 0.4) is 0 Å². The molecule has 2 N–H and O–H groups in total. The molecule has 1 radical (unpaired) electrons. The second-order valence-electron chi connectivity index (χ2n) is 6.07. The molecule has 2 aromatic carbocycles. The summed E-state index contributed by atoms with van der Waals surface area (Å²) in [5, 5.41) is 0.963. The van der Waals surface area contributed by atoms with Crippen LogP contribution in [0, 0.1) is 6.07 Å². The summed E-state index contributed by atoms with van der Waals surface area (Å²) in [7, 11) is 0. The van der Waals surface area contributed by atoms with Gasteiger partial charge in [0.2, 0.25) is 5.91 Å². The van der Waals surface area contributed by atoms with Crippen molar-refractivity contribution in [2.75, 3.05) is 6.54 Å². The molecule has 0 fully saturated rings. The number of para-hydroxylation sites is 1. The summed E-state index contributed by atoms with van der Waals surface area (Å²) in [4.78, 5) is 31.1. The SMILES string of the molecule is NC(=O)C1c2cc[c]cc2CCN1C(=O)c1ccc2ccccc2n1. The fourth-order valence-electron chi connectivity index (χ4n) is 3.36. The number of pyridine rings is 1. The first-order chi connectivity index (χ1) is 12.1. The first kappa shape index (κ1) is 15.3. The first-order valence-corrected chi connectivity index (χ1v) is 8.10. The third kappa shape index (κ3) is 2.63. The minimum absolute atomic E-state index is 0.284. The molecule has 2 amide bonds. The van der Waals surface area contributed by atoms with Crippen LogP contribution in [0.4, 0.5) is 0 Å². The summed E-state index contributed by atoms with van der Waals surface area (Å²) in [6.45, 7) is 0.422. The Bertz CT molecular complexity index is 983. The summed E-state index contributed by atoms with van der Waals surface area (Å²) in [5.74, 6) is -0.825. The van der Waals surface area contributed by atoms with Crippen LogP contribution in [0.2, 0.25) is 0 Å². The topological polar surface area (TPSA) is 76.3 Å². The van der Waals surface area contributed by atoms with E-state index in [4.69, 9.17) is 5.73 Å². The maximum absolute atomic E-state index is 13.0. The quantitative estimate of drug-likeness (QED) is 0.783. The van der Waals surface area contributed by atoms with Gasteiger partial charge >= 0.3 is 0 Å². The summed E-state index contributed by atoms with van der Waals surface area (Å²) in [6.07, 6.45) is 0.662. The summed E-state index contributed by atoms with van der Waals surface area (Å²) < 4.78 is 0. The Balaban J connectivity index is 1.74. The molecular formula is C20H16N3O2. The van der Waals surface area contributed by atoms with E-state index in [1.807, 2.05) is 36.4 Å².